The average molecular weight is 284 g/mol. The lowest BCUT2D eigenvalue weighted by molar-refractivity contribution is -0.122. The van der Waals surface area contributed by atoms with E-state index in [1.54, 1.807) is 31.2 Å². The molecule has 0 saturated carbocycles. The van der Waals surface area contributed by atoms with E-state index in [4.69, 9.17) is 15.2 Å². The van der Waals surface area contributed by atoms with Crippen LogP contribution in [0, 0.1) is 0 Å². The molecule has 7 nitrogen and oxygen atoms in total. The topological polar surface area (TPSA) is 91.4 Å². The first-order valence-electron chi connectivity index (χ1n) is 6.73. The highest BCUT2D eigenvalue weighted by Gasteiger charge is 2.16. The smallest absolute Gasteiger partial charge is 0.241 e. The fraction of sp³-hybridized carbons (Fsp3) is 0.692. The minimum atomic E-state index is -0.665. The highest BCUT2D eigenvalue weighted by molar-refractivity contribution is 5.82. The molecule has 0 aliphatic rings. The Bertz CT molecular complexity index is 395. The summed E-state index contributed by atoms with van der Waals surface area (Å²) in [6.45, 7) is 2.49. The van der Waals surface area contributed by atoms with E-state index in [0.29, 0.717) is 31.9 Å². The zero-order valence-corrected chi connectivity index (χ0v) is 12.2. The third-order valence-corrected chi connectivity index (χ3v) is 2.81. The molecule has 1 aromatic rings. The van der Waals surface area contributed by atoms with Crippen LogP contribution in [0.25, 0.3) is 0 Å². The quantitative estimate of drug-likeness (QED) is 0.589. The van der Waals surface area contributed by atoms with Gasteiger partial charge in [0, 0.05) is 39.1 Å². The number of carbonyl (C=O) groups excluding carboxylic acids is 1. The summed E-state index contributed by atoms with van der Waals surface area (Å²) in [5.41, 5.74) is 6.56. The summed E-state index contributed by atoms with van der Waals surface area (Å²) >= 11 is 0. The zero-order valence-electron chi connectivity index (χ0n) is 12.2. The molecule has 1 amide bonds. The number of aromatic nitrogens is 2. The minimum Gasteiger partial charge on any atom is -0.382 e. The fourth-order valence-electron chi connectivity index (χ4n) is 1.65. The number of aryl methyl sites for hydroxylation is 1. The van der Waals surface area contributed by atoms with Crippen LogP contribution in [-0.4, -0.2) is 49.2 Å². The van der Waals surface area contributed by atoms with Gasteiger partial charge in [-0.1, -0.05) is 0 Å². The molecule has 0 radical (unpaired) electrons. The van der Waals surface area contributed by atoms with Crippen LogP contribution >= 0.6 is 0 Å². The summed E-state index contributed by atoms with van der Waals surface area (Å²) in [5, 5.41) is 6.81. The maximum Gasteiger partial charge on any atom is 0.241 e. The van der Waals surface area contributed by atoms with Gasteiger partial charge in [0.1, 0.15) is 6.04 Å². The number of hydrogen-bond donors (Lipinski definition) is 2. The second-order valence-corrected chi connectivity index (χ2v) is 4.53. The van der Waals surface area contributed by atoms with Crippen LogP contribution in [0.1, 0.15) is 24.4 Å². The standard InChI is InChI=1S/C13H24N4O3/c1-17-10-11(9-16-17)12(14)13(18)15-5-3-4-6-20-8-7-19-2/h9-10,12H,3-8,14H2,1-2H3,(H,15,18). The number of unbranched alkanes of at least 4 members (excludes halogenated alkanes) is 1. The number of rotatable bonds is 10. The Labute approximate surface area is 119 Å². The van der Waals surface area contributed by atoms with Crippen molar-refractivity contribution in [3.8, 4) is 0 Å². The summed E-state index contributed by atoms with van der Waals surface area (Å²) in [6.07, 6.45) is 5.10. The van der Waals surface area contributed by atoms with Crippen LogP contribution in [0.3, 0.4) is 0 Å². The van der Waals surface area contributed by atoms with E-state index in [2.05, 4.69) is 10.4 Å². The molecule has 1 aromatic heterocycles. The molecule has 0 aliphatic heterocycles. The number of ether oxygens (including phenoxy) is 2. The van der Waals surface area contributed by atoms with Crippen molar-refractivity contribution in [2.45, 2.75) is 18.9 Å². The molecule has 0 spiro atoms. The van der Waals surface area contributed by atoms with Crippen LogP contribution in [0.5, 0.6) is 0 Å². The molecule has 1 atom stereocenters. The van der Waals surface area contributed by atoms with Crippen LogP contribution in [0.15, 0.2) is 12.4 Å². The van der Waals surface area contributed by atoms with Gasteiger partial charge in [-0.25, -0.2) is 0 Å². The Balaban J connectivity index is 2.08. The van der Waals surface area contributed by atoms with E-state index in [1.807, 2.05) is 0 Å². The third-order valence-electron chi connectivity index (χ3n) is 2.81. The number of nitrogens with zero attached hydrogens (tertiary/aromatic N) is 2. The molecule has 1 rings (SSSR count). The van der Waals surface area contributed by atoms with Gasteiger partial charge in [-0.05, 0) is 12.8 Å². The van der Waals surface area contributed by atoms with Crippen LogP contribution in [0.2, 0.25) is 0 Å². The van der Waals surface area contributed by atoms with Gasteiger partial charge in [-0.3, -0.25) is 9.48 Å². The molecule has 0 saturated heterocycles. The van der Waals surface area contributed by atoms with E-state index in [1.165, 1.54) is 0 Å². The van der Waals surface area contributed by atoms with Crippen molar-refractivity contribution in [1.29, 1.82) is 0 Å². The van der Waals surface area contributed by atoms with Gasteiger partial charge < -0.3 is 20.5 Å². The Hall–Kier alpha value is -1.44. The van der Waals surface area contributed by atoms with Gasteiger partial charge in [-0.2, -0.15) is 5.10 Å². The third kappa shape index (κ3) is 6.14. The second-order valence-electron chi connectivity index (χ2n) is 4.53. The van der Waals surface area contributed by atoms with Crippen molar-refractivity contribution < 1.29 is 14.3 Å². The largest absolute Gasteiger partial charge is 0.382 e. The van der Waals surface area contributed by atoms with E-state index in [9.17, 15) is 4.79 Å². The van der Waals surface area contributed by atoms with Crippen molar-refractivity contribution in [3.63, 3.8) is 0 Å². The lowest BCUT2D eigenvalue weighted by atomic mass is 10.1. The molecule has 1 unspecified atom stereocenters. The second kappa shape index (κ2) is 9.46. The minimum absolute atomic E-state index is 0.182. The van der Waals surface area contributed by atoms with Crippen molar-refractivity contribution in [2.24, 2.45) is 12.8 Å². The van der Waals surface area contributed by atoms with Crippen molar-refractivity contribution in [3.05, 3.63) is 18.0 Å². The molecule has 0 bridgehead atoms. The summed E-state index contributed by atoms with van der Waals surface area (Å²) in [6, 6.07) is -0.665. The Morgan fingerprint density at radius 2 is 2.25 bits per heavy atom. The van der Waals surface area contributed by atoms with Gasteiger partial charge >= 0.3 is 0 Å². The maximum atomic E-state index is 11.8. The van der Waals surface area contributed by atoms with Gasteiger partial charge in [0.2, 0.25) is 5.91 Å². The molecule has 1 heterocycles. The van der Waals surface area contributed by atoms with Crippen LogP contribution in [0.4, 0.5) is 0 Å². The molecule has 7 heteroatoms. The van der Waals surface area contributed by atoms with Gasteiger partial charge in [0.25, 0.3) is 0 Å². The number of nitrogens with one attached hydrogen (secondary N) is 1. The first kappa shape index (κ1) is 16.6. The molecule has 0 aromatic carbocycles. The SMILES string of the molecule is COCCOCCCCNC(=O)C(N)c1cnn(C)c1. The first-order chi connectivity index (χ1) is 9.65. The Morgan fingerprint density at radius 3 is 2.90 bits per heavy atom. The number of nitrogens with two attached hydrogens (primary N) is 1. The van der Waals surface area contributed by atoms with E-state index < -0.39 is 6.04 Å². The Morgan fingerprint density at radius 1 is 1.45 bits per heavy atom. The number of hydrogen-bond acceptors (Lipinski definition) is 5. The van der Waals surface area contributed by atoms with Crippen molar-refractivity contribution in [2.75, 3.05) is 33.5 Å². The first-order valence-corrected chi connectivity index (χ1v) is 6.73. The summed E-state index contributed by atoms with van der Waals surface area (Å²) < 4.78 is 11.8. The van der Waals surface area contributed by atoms with Gasteiger partial charge in [0.15, 0.2) is 0 Å². The zero-order chi connectivity index (χ0) is 14.8. The summed E-state index contributed by atoms with van der Waals surface area (Å²) in [4.78, 5) is 11.8. The highest BCUT2D eigenvalue weighted by atomic mass is 16.5. The number of carbonyl (C=O) groups is 1. The normalized spacial score (nSPS) is 12.3. The predicted molar refractivity (Wildman–Crippen MR) is 75.1 cm³/mol. The average Bonchev–Trinajstić information content (AvgIpc) is 2.87. The molecule has 3 N–H and O–H groups in total. The lowest BCUT2D eigenvalue weighted by Gasteiger charge is -2.10. The predicted octanol–water partition coefficient (Wildman–Crippen LogP) is -0.0207. The van der Waals surface area contributed by atoms with Crippen LogP contribution in [-0.2, 0) is 21.3 Å². The van der Waals surface area contributed by atoms with Crippen LogP contribution < -0.4 is 11.1 Å². The molecular weight excluding hydrogens is 260 g/mol. The van der Waals surface area contributed by atoms with Crippen molar-refractivity contribution >= 4 is 5.91 Å². The molecular formula is C13H24N4O3. The van der Waals surface area contributed by atoms with Gasteiger partial charge in [-0.15, -0.1) is 0 Å². The Kier molecular flexibility index (Phi) is 7.86. The molecule has 20 heavy (non-hydrogen) atoms. The van der Waals surface area contributed by atoms with E-state index in [-0.39, 0.29) is 5.91 Å². The number of methoxy groups -OCH3 is 1. The molecule has 114 valence electrons. The van der Waals surface area contributed by atoms with Crippen molar-refractivity contribution in [1.82, 2.24) is 15.1 Å². The lowest BCUT2D eigenvalue weighted by Crippen LogP contribution is -2.34. The molecule has 0 aliphatic carbocycles. The molecule has 0 fully saturated rings. The maximum absolute atomic E-state index is 11.8. The number of amides is 1. The fourth-order valence-corrected chi connectivity index (χ4v) is 1.65. The summed E-state index contributed by atoms with van der Waals surface area (Å²) in [5.74, 6) is -0.182. The summed E-state index contributed by atoms with van der Waals surface area (Å²) in [7, 11) is 3.43. The monoisotopic (exact) mass is 284 g/mol. The van der Waals surface area contributed by atoms with E-state index >= 15 is 0 Å². The highest BCUT2D eigenvalue weighted by Crippen LogP contribution is 2.08. The van der Waals surface area contributed by atoms with E-state index in [0.717, 1.165) is 12.8 Å². The van der Waals surface area contributed by atoms with Gasteiger partial charge in [0.05, 0.1) is 19.4 Å².